The van der Waals surface area contributed by atoms with Crippen molar-refractivity contribution in [3.63, 3.8) is 0 Å². The Morgan fingerprint density at radius 2 is 1.27 bits per heavy atom. The number of azide groups is 2. The molecule has 0 bridgehead atoms. The summed E-state index contributed by atoms with van der Waals surface area (Å²) in [6.45, 7) is 3.75. The van der Waals surface area contributed by atoms with Crippen LogP contribution in [0.5, 0.6) is 0 Å². The van der Waals surface area contributed by atoms with Crippen LogP contribution in [0.25, 0.3) is 20.9 Å². The fraction of sp³-hybridized carbons (Fsp3) is 0.471. The highest BCUT2D eigenvalue weighted by atomic mass is 32.1. The van der Waals surface area contributed by atoms with Gasteiger partial charge in [-0.25, -0.2) is 0 Å². The van der Waals surface area contributed by atoms with Gasteiger partial charge in [-0.05, 0) is 48.2 Å². The molecular weight excluding hydrogens is 368 g/mol. The molecule has 0 N–H and O–H groups in total. The molecule has 0 aliphatic rings. The summed E-state index contributed by atoms with van der Waals surface area (Å²) in [4.78, 5) is 22.3. The number of rotatable bonds is 10. The average molecular weight is 389 g/mol. The summed E-state index contributed by atoms with van der Waals surface area (Å²) in [7, 11) is 0. The number of ketones is 1. The summed E-state index contributed by atoms with van der Waals surface area (Å²) in [5.41, 5.74) is 16.9. The molecule has 0 amide bonds. The molecule has 2 aromatic rings. The minimum Gasteiger partial charge on any atom is -0.299 e. The number of nitrogens with zero attached hydrogens (tertiary/aromatic N) is 6. The fourth-order valence-electron chi connectivity index (χ4n) is 2.55. The van der Waals surface area contributed by atoms with E-state index in [-0.39, 0.29) is 17.9 Å². The van der Waals surface area contributed by atoms with Crippen LogP contribution in [-0.4, -0.2) is 17.9 Å². The predicted molar refractivity (Wildman–Crippen MR) is 106 cm³/mol. The Bertz CT molecular complexity index is 777. The molecule has 0 aliphatic heterocycles. The van der Waals surface area contributed by atoms with Crippen molar-refractivity contribution in [2.45, 2.75) is 51.6 Å². The van der Waals surface area contributed by atoms with E-state index in [4.69, 9.17) is 11.1 Å². The van der Waals surface area contributed by atoms with Crippen molar-refractivity contribution in [1.82, 2.24) is 0 Å². The van der Waals surface area contributed by atoms with Gasteiger partial charge in [0.1, 0.15) is 5.78 Å². The zero-order valence-electron chi connectivity index (χ0n) is 14.7. The van der Waals surface area contributed by atoms with E-state index in [0.717, 1.165) is 19.5 Å². The van der Waals surface area contributed by atoms with E-state index >= 15 is 0 Å². The van der Waals surface area contributed by atoms with Crippen LogP contribution in [0.4, 0.5) is 0 Å². The molecule has 2 heterocycles. The first kappa shape index (κ1) is 20.0. The Morgan fingerprint density at radius 3 is 1.65 bits per heavy atom. The lowest BCUT2D eigenvalue weighted by Crippen LogP contribution is -2.04. The molecule has 2 unspecified atom stereocenters. The van der Waals surface area contributed by atoms with Crippen molar-refractivity contribution >= 4 is 28.5 Å². The van der Waals surface area contributed by atoms with E-state index in [9.17, 15) is 4.79 Å². The van der Waals surface area contributed by atoms with Gasteiger partial charge < -0.3 is 0 Å². The molecule has 0 radical (unpaired) electrons. The van der Waals surface area contributed by atoms with Crippen molar-refractivity contribution in [2.24, 2.45) is 10.2 Å². The van der Waals surface area contributed by atoms with Gasteiger partial charge in [0.25, 0.3) is 0 Å². The van der Waals surface area contributed by atoms with Crippen molar-refractivity contribution in [2.75, 3.05) is 0 Å². The minimum absolute atomic E-state index is 0.0838. The highest BCUT2D eigenvalue weighted by molar-refractivity contribution is 7.12. The summed E-state index contributed by atoms with van der Waals surface area (Å²) in [5.74, 6) is 0.179. The number of thiophene rings is 2. The molecule has 2 atom stereocenters. The number of hydrogen-bond donors (Lipinski definition) is 0. The SMILES string of the molecule is CC(Cc1ccc(CC(=O)Cc2ccc(CC(C)N=[N+]=[N-])s2)s1)N=[N+]=[N-]. The van der Waals surface area contributed by atoms with Crippen LogP contribution in [0.2, 0.25) is 0 Å². The second-order valence-electron chi connectivity index (χ2n) is 6.14. The fourth-order valence-corrected chi connectivity index (χ4v) is 4.88. The molecule has 2 rings (SSSR count). The molecule has 0 spiro atoms. The number of Topliss-reactive ketones (excluding diaryl/α,β-unsaturated/α-hetero) is 1. The van der Waals surface area contributed by atoms with E-state index in [1.807, 2.05) is 38.1 Å². The summed E-state index contributed by atoms with van der Waals surface area (Å²) in [6, 6.07) is 7.78. The lowest BCUT2D eigenvalue weighted by molar-refractivity contribution is -0.117. The smallest absolute Gasteiger partial charge is 0.143 e. The number of carbonyl (C=O) groups excluding carboxylic acids is 1. The van der Waals surface area contributed by atoms with Crippen LogP contribution < -0.4 is 0 Å². The Morgan fingerprint density at radius 1 is 0.885 bits per heavy atom. The van der Waals surface area contributed by atoms with Crippen molar-refractivity contribution in [3.05, 3.63) is 64.7 Å². The lowest BCUT2D eigenvalue weighted by atomic mass is 10.1. The van der Waals surface area contributed by atoms with Gasteiger partial charge >= 0.3 is 0 Å². The average Bonchev–Trinajstić information content (AvgIpc) is 3.17. The van der Waals surface area contributed by atoms with E-state index in [1.165, 1.54) is 0 Å². The quantitative estimate of drug-likeness (QED) is 0.292. The largest absolute Gasteiger partial charge is 0.299 e. The van der Waals surface area contributed by atoms with E-state index < -0.39 is 0 Å². The Hall–Kier alpha value is -2.31. The van der Waals surface area contributed by atoms with Crippen molar-refractivity contribution in [3.8, 4) is 0 Å². The van der Waals surface area contributed by atoms with Gasteiger partial charge in [0.05, 0.1) is 0 Å². The molecular formula is C17H20N6OS2. The first-order chi connectivity index (χ1) is 12.5. The summed E-state index contributed by atoms with van der Waals surface area (Å²) >= 11 is 3.20. The van der Waals surface area contributed by atoms with E-state index in [1.54, 1.807) is 22.7 Å². The molecule has 136 valence electrons. The topological polar surface area (TPSA) is 115 Å². The van der Waals surface area contributed by atoms with Gasteiger partial charge in [-0.15, -0.1) is 22.7 Å². The van der Waals surface area contributed by atoms with Gasteiger partial charge in [0.2, 0.25) is 0 Å². The van der Waals surface area contributed by atoms with E-state index in [2.05, 4.69) is 20.1 Å². The minimum atomic E-state index is -0.0838. The molecule has 2 aromatic heterocycles. The van der Waals surface area contributed by atoms with Crippen LogP contribution in [0.15, 0.2) is 34.5 Å². The normalized spacial score (nSPS) is 12.7. The maximum atomic E-state index is 12.3. The standard InChI is InChI=1S/C17H20N6OS2/c1-11(20-22-18)7-14-3-5-16(25-14)9-13(24)10-17-6-4-15(26-17)8-12(2)21-23-19/h3-6,11-12H,7-10H2,1-2H3. The maximum absolute atomic E-state index is 12.3. The molecule has 9 heteroatoms. The van der Waals surface area contributed by atoms with Crippen molar-refractivity contribution < 1.29 is 4.79 Å². The van der Waals surface area contributed by atoms with Crippen LogP contribution >= 0.6 is 22.7 Å². The predicted octanol–water partition coefficient (Wildman–Crippen LogP) is 5.65. The summed E-state index contributed by atoms with van der Waals surface area (Å²) < 4.78 is 0. The zero-order chi connectivity index (χ0) is 18.9. The Balaban J connectivity index is 1.87. The van der Waals surface area contributed by atoms with Crippen molar-refractivity contribution in [1.29, 1.82) is 0 Å². The van der Waals surface area contributed by atoms with Crippen LogP contribution in [0.3, 0.4) is 0 Å². The van der Waals surface area contributed by atoms with Gasteiger partial charge in [0, 0.05) is 54.3 Å². The Labute approximate surface area is 159 Å². The van der Waals surface area contributed by atoms with Crippen LogP contribution in [0, 0.1) is 0 Å². The Kier molecular flexibility index (Phi) is 7.69. The lowest BCUT2D eigenvalue weighted by Gasteiger charge is -2.01. The second-order valence-corrected chi connectivity index (χ2v) is 8.65. The molecule has 0 fully saturated rings. The van der Waals surface area contributed by atoms with Gasteiger partial charge in [-0.2, -0.15) is 0 Å². The first-order valence-electron chi connectivity index (χ1n) is 8.25. The third-order valence-electron chi connectivity index (χ3n) is 3.67. The molecule has 0 saturated heterocycles. The zero-order valence-corrected chi connectivity index (χ0v) is 16.3. The number of carbonyl (C=O) groups is 1. The second kappa shape index (κ2) is 9.99. The monoisotopic (exact) mass is 388 g/mol. The highest BCUT2D eigenvalue weighted by Crippen LogP contribution is 2.23. The number of hydrogen-bond acceptors (Lipinski definition) is 5. The molecule has 0 aliphatic carbocycles. The first-order valence-corrected chi connectivity index (χ1v) is 9.88. The van der Waals surface area contributed by atoms with Crippen LogP contribution in [0.1, 0.15) is 33.4 Å². The maximum Gasteiger partial charge on any atom is 0.143 e. The highest BCUT2D eigenvalue weighted by Gasteiger charge is 2.11. The van der Waals surface area contributed by atoms with Gasteiger partial charge in [-0.3, -0.25) is 4.79 Å². The van der Waals surface area contributed by atoms with E-state index in [0.29, 0.717) is 25.7 Å². The van der Waals surface area contributed by atoms with Gasteiger partial charge in [-0.1, -0.05) is 24.1 Å². The van der Waals surface area contributed by atoms with Gasteiger partial charge in [0.15, 0.2) is 0 Å². The molecule has 7 nitrogen and oxygen atoms in total. The molecule has 0 aromatic carbocycles. The summed E-state index contributed by atoms with van der Waals surface area (Å²) in [6.07, 6.45) is 2.23. The molecule has 26 heavy (non-hydrogen) atoms. The third kappa shape index (κ3) is 6.54. The third-order valence-corrected chi connectivity index (χ3v) is 5.88. The van der Waals surface area contributed by atoms with Crippen LogP contribution in [-0.2, 0) is 30.5 Å². The molecule has 0 saturated carbocycles. The summed E-state index contributed by atoms with van der Waals surface area (Å²) in [5, 5.41) is 7.35.